The first-order chi connectivity index (χ1) is 17.8. The highest BCUT2D eigenvalue weighted by atomic mass is 35.5. The van der Waals surface area contributed by atoms with Crippen molar-refractivity contribution in [1.29, 1.82) is 0 Å². The SMILES string of the molecule is CC/C(N/C=C(/Cl)C(C)C)=C(/N)C(=O)NCc1ccc(-c2ccc(NC)cc2)cc1.CCCCCC=O. The molecule has 2 aromatic rings. The highest BCUT2D eigenvalue weighted by Crippen LogP contribution is 2.22. The number of benzene rings is 2. The molecule has 5 N–H and O–H groups in total. The zero-order chi connectivity index (χ0) is 27.6. The van der Waals surface area contributed by atoms with E-state index in [1.807, 2.05) is 64.2 Å². The van der Waals surface area contributed by atoms with Gasteiger partial charge < -0.3 is 26.5 Å². The predicted octanol–water partition coefficient (Wildman–Crippen LogP) is 6.68. The number of allylic oxidation sites excluding steroid dienone is 2. The molecule has 0 aliphatic carbocycles. The molecule has 0 bridgehead atoms. The average Bonchev–Trinajstić information content (AvgIpc) is 2.92. The Balaban J connectivity index is 0.000000856. The summed E-state index contributed by atoms with van der Waals surface area (Å²) in [6.07, 6.45) is 7.47. The van der Waals surface area contributed by atoms with Crippen molar-refractivity contribution in [2.45, 2.75) is 66.3 Å². The van der Waals surface area contributed by atoms with Gasteiger partial charge in [-0.25, -0.2) is 0 Å². The molecule has 0 aromatic heterocycles. The molecular formula is C30H43ClN4O2. The third kappa shape index (κ3) is 12.0. The van der Waals surface area contributed by atoms with E-state index in [-0.39, 0.29) is 17.5 Å². The standard InChI is InChI=1S/C24H31ClN4O.C6H12O/c1-5-22(28-15-21(25)16(2)3)23(26)24(30)29-14-17-6-8-18(9-7-17)19-10-12-20(27-4)13-11-19;1-2-3-4-5-6-7/h6-13,15-16,27-28H,5,14,26H2,1-4H3,(H,29,30);6H,2-5H2,1H3/b21-15+,23-22-;. The van der Waals surface area contributed by atoms with E-state index in [9.17, 15) is 9.59 Å². The number of rotatable bonds is 13. The molecule has 0 fully saturated rings. The predicted molar refractivity (Wildman–Crippen MR) is 157 cm³/mol. The Hall–Kier alpha value is -3.25. The van der Waals surface area contributed by atoms with Crippen molar-refractivity contribution >= 4 is 29.5 Å². The fourth-order valence-corrected chi connectivity index (χ4v) is 3.28. The molecule has 2 aromatic carbocycles. The summed E-state index contributed by atoms with van der Waals surface area (Å²) >= 11 is 6.15. The van der Waals surface area contributed by atoms with Gasteiger partial charge in [0.2, 0.25) is 0 Å². The smallest absolute Gasteiger partial charge is 0.269 e. The lowest BCUT2D eigenvalue weighted by atomic mass is 10.0. The number of aldehydes is 1. The molecule has 0 unspecified atom stereocenters. The van der Waals surface area contributed by atoms with E-state index in [1.165, 1.54) is 12.8 Å². The molecule has 7 heteroatoms. The zero-order valence-electron chi connectivity index (χ0n) is 22.9. The summed E-state index contributed by atoms with van der Waals surface area (Å²) in [6, 6.07) is 16.3. The molecule has 0 atom stereocenters. The van der Waals surface area contributed by atoms with E-state index in [4.69, 9.17) is 17.3 Å². The lowest BCUT2D eigenvalue weighted by Crippen LogP contribution is -2.31. The van der Waals surface area contributed by atoms with E-state index >= 15 is 0 Å². The third-order valence-electron chi connectivity index (χ3n) is 5.70. The molecule has 202 valence electrons. The van der Waals surface area contributed by atoms with Crippen LogP contribution < -0.4 is 21.7 Å². The molecule has 0 heterocycles. The van der Waals surface area contributed by atoms with Gasteiger partial charge in [0, 0.05) is 42.6 Å². The normalized spacial score (nSPS) is 11.7. The van der Waals surface area contributed by atoms with E-state index in [1.54, 1.807) is 6.20 Å². The Morgan fingerprint density at radius 1 is 1.00 bits per heavy atom. The minimum Gasteiger partial charge on any atom is -0.393 e. The van der Waals surface area contributed by atoms with Crippen LogP contribution in [0, 0.1) is 5.92 Å². The second kappa shape index (κ2) is 18.1. The topological polar surface area (TPSA) is 96.2 Å². The summed E-state index contributed by atoms with van der Waals surface area (Å²) in [5, 5.41) is 9.72. The van der Waals surface area contributed by atoms with Crippen molar-refractivity contribution < 1.29 is 9.59 Å². The van der Waals surface area contributed by atoms with Crippen LogP contribution in [0.15, 0.2) is 71.2 Å². The summed E-state index contributed by atoms with van der Waals surface area (Å²) in [5.74, 6) is -0.100. The molecule has 0 saturated carbocycles. The van der Waals surface area contributed by atoms with Gasteiger partial charge in [0.05, 0.1) is 0 Å². The number of unbranched alkanes of at least 4 members (excludes halogenated alkanes) is 3. The van der Waals surface area contributed by atoms with E-state index in [2.05, 4.69) is 35.0 Å². The molecule has 0 radical (unpaired) electrons. The molecule has 37 heavy (non-hydrogen) atoms. The van der Waals surface area contributed by atoms with Crippen LogP contribution in [0.3, 0.4) is 0 Å². The number of hydrogen-bond acceptors (Lipinski definition) is 5. The fourth-order valence-electron chi connectivity index (χ4n) is 3.23. The van der Waals surface area contributed by atoms with Gasteiger partial charge in [0.25, 0.3) is 5.91 Å². The zero-order valence-corrected chi connectivity index (χ0v) is 23.6. The average molecular weight is 527 g/mol. The molecule has 0 spiro atoms. The van der Waals surface area contributed by atoms with Crippen LogP contribution in [-0.4, -0.2) is 19.2 Å². The number of carbonyl (C=O) groups is 2. The summed E-state index contributed by atoms with van der Waals surface area (Å²) < 4.78 is 0. The summed E-state index contributed by atoms with van der Waals surface area (Å²) in [7, 11) is 1.90. The van der Waals surface area contributed by atoms with Gasteiger partial charge in [-0.3, -0.25) is 4.79 Å². The van der Waals surface area contributed by atoms with Crippen LogP contribution in [-0.2, 0) is 16.1 Å². The van der Waals surface area contributed by atoms with E-state index in [0.717, 1.165) is 41.5 Å². The van der Waals surface area contributed by atoms with Crippen molar-refractivity contribution in [1.82, 2.24) is 10.6 Å². The van der Waals surface area contributed by atoms with Crippen LogP contribution in [0.25, 0.3) is 11.1 Å². The maximum absolute atomic E-state index is 12.5. The lowest BCUT2D eigenvalue weighted by molar-refractivity contribution is -0.117. The van der Waals surface area contributed by atoms with Crippen molar-refractivity contribution in [2.75, 3.05) is 12.4 Å². The quantitative estimate of drug-likeness (QED) is 0.132. The highest BCUT2D eigenvalue weighted by molar-refractivity contribution is 6.29. The van der Waals surface area contributed by atoms with Gasteiger partial charge in [-0.15, -0.1) is 0 Å². The second-order valence-corrected chi connectivity index (χ2v) is 9.38. The van der Waals surface area contributed by atoms with Gasteiger partial charge in [-0.05, 0) is 47.6 Å². The van der Waals surface area contributed by atoms with Crippen LogP contribution in [0.1, 0.15) is 65.4 Å². The Kier molecular flexibility index (Phi) is 15.5. The van der Waals surface area contributed by atoms with Gasteiger partial charge in [0.1, 0.15) is 12.0 Å². The Bertz CT molecular complexity index is 1010. The van der Waals surface area contributed by atoms with Crippen LogP contribution in [0.4, 0.5) is 5.69 Å². The first-order valence-corrected chi connectivity index (χ1v) is 13.3. The van der Waals surface area contributed by atoms with Crippen molar-refractivity contribution in [3.8, 4) is 11.1 Å². The largest absolute Gasteiger partial charge is 0.393 e. The van der Waals surface area contributed by atoms with E-state index in [0.29, 0.717) is 23.7 Å². The van der Waals surface area contributed by atoms with Crippen molar-refractivity contribution in [2.24, 2.45) is 11.7 Å². The number of hydrogen-bond donors (Lipinski definition) is 4. The number of nitrogens with two attached hydrogens (primary N) is 1. The van der Waals surface area contributed by atoms with E-state index < -0.39 is 0 Å². The molecular weight excluding hydrogens is 484 g/mol. The number of carbonyl (C=O) groups excluding carboxylic acids is 2. The van der Waals surface area contributed by atoms with Crippen molar-refractivity contribution in [3.05, 3.63) is 76.7 Å². The number of nitrogens with one attached hydrogen (secondary N) is 3. The van der Waals surface area contributed by atoms with Gasteiger partial charge >= 0.3 is 0 Å². The minimum absolute atomic E-state index is 0.170. The van der Waals surface area contributed by atoms with Gasteiger partial charge in [-0.2, -0.15) is 0 Å². The first kappa shape index (κ1) is 31.8. The number of halogens is 1. The summed E-state index contributed by atoms with van der Waals surface area (Å²) in [6.45, 7) is 8.45. The van der Waals surface area contributed by atoms with Gasteiger partial charge in [-0.1, -0.05) is 88.5 Å². The van der Waals surface area contributed by atoms with Crippen LogP contribution in [0.2, 0.25) is 0 Å². The van der Waals surface area contributed by atoms with Gasteiger partial charge in [0.15, 0.2) is 0 Å². The molecule has 6 nitrogen and oxygen atoms in total. The Morgan fingerprint density at radius 3 is 2.08 bits per heavy atom. The highest BCUT2D eigenvalue weighted by Gasteiger charge is 2.11. The first-order valence-electron chi connectivity index (χ1n) is 13.0. The minimum atomic E-state index is -0.305. The number of amides is 1. The Labute approximate surface area is 227 Å². The molecule has 2 rings (SSSR count). The fraction of sp³-hybridized carbons (Fsp3) is 0.400. The van der Waals surface area contributed by atoms with Crippen LogP contribution >= 0.6 is 11.6 Å². The van der Waals surface area contributed by atoms with Crippen LogP contribution in [0.5, 0.6) is 0 Å². The lowest BCUT2D eigenvalue weighted by Gasteiger charge is -2.12. The Morgan fingerprint density at radius 2 is 1.59 bits per heavy atom. The second-order valence-electron chi connectivity index (χ2n) is 8.94. The number of anilines is 1. The molecule has 0 aliphatic heterocycles. The molecule has 0 aliphatic rings. The summed E-state index contributed by atoms with van der Waals surface area (Å²) in [5.41, 5.74) is 11.2. The molecule has 0 saturated heterocycles. The monoisotopic (exact) mass is 526 g/mol. The summed E-state index contributed by atoms with van der Waals surface area (Å²) in [4.78, 5) is 22.1. The molecule has 1 amide bonds. The maximum Gasteiger partial charge on any atom is 0.269 e. The third-order valence-corrected chi connectivity index (χ3v) is 6.24. The van der Waals surface area contributed by atoms with Crippen molar-refractivity contribution in [3.63, 3.8) is 0 Å². The maximum atomic E-state index is 12.5.